The lowest BCUT2D eigenvalue weighted by molar-refractivity contribution is 0.0406. The van der Waals surface area contributed by atoms with Crippen molar-refractivity contribution in [2.75, 3.05) is 6.61 Å². The third-order valence-corrected chi connectivity index (χ3v) is 5.56. The lowest BCUT2D eigenvalue weighted by atomic mass is 9.96. The second-order valence-electron chi connectivity index (χ2n) is 9.73. The largest absolute Gasteiger partial charge is 0.444 e. The first kappa shape index (κ1) is 25.7. The Morgan fingerprint density at radius 3 is 2.31 bits per heavy atom. The number of nitrogens with one attached hydrogen (secondary N) is 1. The van der Waals surface area contributed by atoms with Crippen LogP contribution in [0.2, 0.25) is 0 Å². The van der Waals surface area contributed by atoms with Crippen molar-refractivity contribution in [1.82, 2.24) is 9.88 Å². The van der Waals surface area contributed by atoms with Crippen molar-refractivity contribution in [3.8, 4) is 0 Å². The van der Waals surface area contributed by atoms with E-state index in [9.17, 15) is 14.7 Å². The van der Waals surface area contributed by atoms with E-state index in [1.54, 1.807) is 27.7 Å². The maximum absolute atomic E-state index is 12.7. The topological polar surface area (TPSA) is 80.6 Å². The number of carbonyl (C=O) groups excluding carboxylic acids is 2. The molecule has 0 unspecified atom stereocenters. The fraction of sp³-hybridized carbons (Fsp3) is 0.538. The highest BCUT2D eigenvalue weighted by atomic mass is 16.6. The summed E-state index contributed by atoms with van der Waals surface area (Å²) < 4.78 is 7.23. The number of unbranched alkanes of at least 4 members (excludes halogenated alkanes) is 1. The number of carbonyl (C=O) groups is 2. The standard InChI is InChI=1S/C26H38N2O4/c1-25(2,3)32-24(31)27-26(4,19-29)18-17-21-15-16-22(28(21)5)23(30)14-10-9-13-20-11-7-6-8-12-20/h6-8,11-12,15-16,29H,9-10,13-14,17-19H2,1-5H3,(H,27,31)/t26-/m1/s1. The van der Waals surface area contributed by atoms with Gasteiger partial charge in [0.05, 0.1) is 17.8 Å². The summed E-state index contributed by atoms with van der Waals surface area (Å²) in [6.45, 7) is 6.98. The van der Waals surface area contributed by atoms with Gasteiger partial charge in [-0.1, -0.05) is 30.3 Å². The fourth-order valence-electron chi connectivity index (χ4n) is 3.61. The van der Waals surface area contributed by atoms with E-state index in [1.165, 1.54) is 5.56 Å². The monoisotopic (exact) mass is 442 g/mol. The van der Waals surface area contributed by atoms with E-state index in [4.69, 9.17) is 4.74 Å². The van der Waals surface area contributed by atoms with Crippen LogP contribution in [0.25, 0.3) is 0 Å². The fourth-order valence-corrected chi connectivity index (χ4v) is 3.61. The molecule has 0 aliphatic carbocycles. The molecule has 0 fully saturated rings. The van der Waals surface area contributed by atoms with Gasteiger partial charge in [-0.2, -0.15) is 0 Å². The Bertz CT molecular complexity index is 883. The van der Waals surface area contributed by atoms with Crippen molar-refractivity contribution in [3.63, 3.8) is 0 Å². The number of aromatic nitrogens is 1. The molecular weight excluding hydrogens is 404 g/mol. The molecule has 2 rings (SSSR count). The highest BCUT2D eigenvalue weighted by Gasteiger charge is 2.28. The number of rotatable bonds is 11. The number of amides is 1. The molecular formula is C26H38N2O4. The quantitative estimate of drug-likeness (QED) is 0.386. The summed E-state index contributed by atoms with van der Waals surface area (Å²) in [4.78, 5) is 24.8. The minimum Gasteiger partial charge on any atom is -0.444 e. The number of Topliss-reactive ketones (excluding diaryl/α,β-unsaturated/α-hetero) is 1. The second-order valence-corrected chi connectivity index (χ2v) is 9.73. The lowest BCUT2D eigenvalue weighted by Crippen LogP contribution is -2.50. The highest BCUT2D eigenvalue weighted by Crippen LogP contribution is 2.19. The summed E-state index contributed by atoms with van der Waals surface area (Å²) in [6.07, 6.45) is 3.94. The van der Waals surface area contributed by atoms with Gasteiger partial charge in [0.2, 0.25) is 0 Å². The van der Waals surface area contributed by atoms with E-state index in [-0.39, 0.29) is 12.4 Å². The number of alkyl carbamates (subject to hydrolysis) is 1. The molecule has 1 aromatic heterocycles. The number of ether oxygens (including phenoxy) is 1. The van der Waals surface area contributed by atoms with E-state index >= 15 is 0 Å². The Morgan fingerprint density at radius 1 is 1.00 bits per heavy atom. The van der Waals surface area contributed by atoms with Crippen LogP contribution < -0.4 is 5.32 Å². The summed E-state index contributed by atoms with van der Waals surface area (Å²) in [5, 5.41) is 12.6. The Labute approximate surface area is 192 Å². The highest BCUT2D eigenvalue weighted by molar-refractivity contribution is 5.94. The van der Waals surface area contributed by atoms with Crippen molar-refractivity contribution >= 4 is 11.9 Å². The van der Waals surface area contributed by atoms with Gasteiger partial charge in [-0.15, -0.1) is 0 Å². The van der Waals surface area contributed by atoms with Gasteiger partial charge >= 0.3 is 6.09 Å². The van der Waals surface area contributed by atoms with Gasteiger partial charge < -0.3 is 19.7 Å². The number of hydrogen-bond acceptors (Lipinski definition) is 4. The predicted octanol–water partition coefficient (Wildman–Crippen LogP) is 4.83. The van der Waals surface area contributed by atoms with Crippen LogP contribution in [0.4, 0.5) is 4.79 Å². The summed E-state index contributed by atoms with van der Waals surface area (Å²) in [5.41, 5.74) is 1.57. The molecule has 32 heavy (non-hydrogen) atoms. The third kappa shape index (κ3) is 8.15. The van der Waals surface area contributed by atoms with E-state index in [2.05, 4.69) is 17.4 Å². The number of nitrogens with zero attached hydrogens (tertiary/aromatic N) is 1. The summed E-state index contributed by atoms with van der Waals surface area (Å²) in [6, 6.07) is 14.1. The molecule has 6 nitrogen and oxygen atoms in total. The van der Waals surface area contributed by atoms with Crippen LogP contribution in [-0.4, -0.2) is 39.3 Å². The number of aliphatic hydroxyl groups excluding tert-OH is 1. The van der Waals surface area contributed by atoms with Crippen LogP contribution in [0, 0.1) is 0 Å². The number of hydrogen-bond donors (Lipinski definition) is 2. The first-order valence-electron chi connectivity index (χ1n) is 11.4. The zero-order chi connectivity index (χ0) is 23.8. The van der Waals surface area contributed by atoms with E-state index in [1.807, 2.05) is 41.9 Å². The Balaban J connectivity index is 1.86. The summed E-state index contributed by atoms with van der Waals surface area (Å²) >= 11 is 0. The molecule has 0 aliphatic heterocycles. The maximum Gasteiger partial charge on any atom is 0.408 e. The molecule has 1 atom stereocenters. The van der Waals surface area contributed by atoms with Crippen LogP contribution in [-0.2, 0) is 24.6 Å². The number of ketones is 1. The molecule has 0 spiro atoms. The number of aryl methyl sites for hydroxylation is 2. The zero-order valence-corrected chi connectivity index (χ0v) is 20.1. The van der Waals surface area contributed by atoms with E-state index in [0.29, 0.717) is 25.0 Å². The van der Waals surface area contributed by atoms with Gasteiger partial charge in [-0.05, 0) is 77.5 Å². The van der Waals surface area contributed by atoms with Gasteiger partial charge in [0, 0.05) is 19.2 Å². The summed E-state index contributed by atoms with van der Waals surface area (Å²) in [5.74, 6) is 0.142. The number of benzene rings is 1. The Morgan fingerprint density at radius 2 is 1.69 bits per heavy atom. The third-order valence-electron chi connectivity index (χ3n) is 5.56. The van der Waals surface area contributed by atoms with Gasteiger partial charge in [0.25, 0.3) is 0 Å². The van der Waals surface area contributed by atoms with Gasteiger partial charge in [0.15, 0.2) is 5.78 Å². The molecule has 6 heteroatoms. The molecule has 1 heterocycles. The van der Waals surface area contributed by atoms with Crippen LogP contribution in [0.15, 0.2) is 42.5 Å². The molecule has 176 valence electrons. The van der Waals surface area contributed by atoms with Crippen molar-refractivity contribution in [1.29, 1.82) is 0 Å². The molecule has 0 radical (unpaired) electrons. The van der Waals surface area contributed by atoms with Crippen LogP contribution in [0.3, 0.4) is 0 Å². The minimum absolute atomic E-state index is 0.142. The maximum atomic E-state index is 12.7. The average molecular weight is 443 g/mol. The molecule has 2 aromatic rings. The van der Waals surface area contributed by atoms with Gasteiger partial charge in [-0.25, -0.2) is 4.79 Å². The first-order valence-corrected chi connectivity index (χ1v) is 11.4. The Kier molecular flexibility index (Phi) is 9.08. The normalized spacial score (nSPS) is 13.4. The van der Waals surface area contributed by atoms with E-state index < -0.39 is 17.2 Å². The molecule has 0 aliphatic rings. The average Bonchev–Trinajstić information content (AvgIpc) is 3.09. The number of aliphatic hydroxyl groups is 1. The molecule has 0 saturated heterocycles. The Hall–Kier alpha value is -2.60. The smallest absolute Gasteiger partial charge is 0.408 e. The lowest BCUT2D eigenvalue weighted by Gasteiger charge is -2.30. The predicted molar refractivity (Wildman–Crippen MR) is 127 cm³/mol. The molecule has 1 aromatic carbocycles. The first-order chi connectivity index (χ1) is 15.0. The second kappa shape index (κ2) is 11.3. The van der Waals surface area contributed by atoms with Gasteiger partial charge in [0.1, 0.15) is 5.60 Å². The van der Waals surface area contributed by atoms with Crippen molar-refractivity contribution in [2.24, 2.45) is 7.05 Å². The van der Waals surface area contributed by atoms with Crippen LogP contribution in [0.1, 0.15) is 75.1 Å². The minimum atomic E-state index is -0.811. The molecule has 2 N–H and O–H groups in total. The van der Waals surface area contributed by atoms with Crippen LogP contribution >= 0.6 is 0 Å². The molecule has 0 saturated carbocycles. The van der Waals surface area contributed by atoms with Crippen molar-refractivity contribution < 1.29 is 19.4 Å². The van der Waals surface area contributed by atoms with E-state index in [0.717, 1.165) is 25.0 Å². The van der Waals surface area contributed by atoms with Crippen molar-refractivity contribution in [2.45, 2.75) is 77.4 Å². The van der Waals surface area contributed by atoms with Crippen molar-refractivity contribution in [3.05, 3.63) is 59.4 Å². The van der Waals surface area contributed by atoms with Crippen LogP contribution in [0.5, 0.6) is 0 Å². The molecule has 1 amide bonds. The SMILES string of the molecule is Cn1c(CC[C@](C)(CO)NC(=O)OC(C)(C)C)ccc1C(=O)CCCCc1ccccc1. The molecule has 0 bridgehead atoms. The zero-order valence-electron chi connectivity index (χ0n) is 20.1. The van der Waals surface area contributed by atoms with Gasteiger partial charge in [-0.3, -0.25) is 4.79 Å². The summed E-state index contributed by atoms with van der Waals surface area (Å²) in [7, 11) is 1.89.